The van der Waals surface area contributed by atoms with Crippen molar-refractivity contribution < 1.29 is 4.79 Å². The minimum absolute atomic E-state index is 0.0245. The van der Waals surface area contributed by atoms with E-state index in [9.17, 15) is 9.59 Å². The summed E-state index contributed by atoms with van der Waals surface area (Å²) in [4.78, 5) is 32.4. The van der Waals surface area contributed by atoms with E-state index in [1.165, 1.54) is 17.3 Å². The minimum Gasteiger partial charge on any atom is -0.311 e. The highest BCUT2D eigenvalue weighted by Crippen LogP contribution is 2.29. The average molecular weight is 428 g/mol. The first kappa shape index (κ1) is 20.0. The third kappa shape index (κ3) is 4.05. The van der Waals surface area contributed by atoms with Gasteiger partial charge < -0.3 is 4.90 Å². The van der Waals surface area contributed by atoms with Crippen molar-refractivity contribution in [1.29, 1.82) is 0 Å². The van der Waals surface area contributed by atoms with Crippen LogP contribution in [0.1, 0.15) is 19.4 Å². The number of hydrogen-bond donors (Lipinski definition) is 0. The Kier molecular flexibility index (Phi) is 5.65. The summed E-state index contributed by atoms with van der Waals surface area (Å²) in [7, 11) is 0. The Morgan fingerprint density at radius 3 is 2.83 bits per heavy atom. The Balaban J connectivity index is 1.63. The Hall–Kier alpha value is -2.31. The van der Waals surface area contributed by atoms with E-state index in [-0.39, 0.29) is 23.1 Å². The van der Waals surface area contributed by atoms with Gasteiger partial charge in [0.2, 0.25) is 5.91 Å². The SMILES string of the molecule is CC(C)Cn1c(SCC(=O)N2CCc3ccccc32)nc2cc(Cl)ccc2c1=O. The van der Waals surface area contributed by atoms with E-state index < -0.39 is 0 Å². The molecule has 2 heterocycles. The van der Waals surface area contributed by atoms with E-state index in [4.69, 9.17) is 11.6 Å². The second-order valence-corrected chi connectivity index (χ2v) is 8.96. The van der Waals surface area contributed by atoms with E-state index in [2.05, 4.69) is 24.9 Å². The lowest BCUT2D eigenvalue weighted by Crippen LogP contribution is -2.31. The molecule has 0 saturated carbocycles. The number of rotatable bonds is 5. The molecule has 5 nitrogen and oxygen atoms in total. The maximum absolute atomic E-state index is 13.0. The molecule has 150 valence electrons. The lowest BCUT2D eigenvalue weighted by atomic mass is 10.2. The number of hydrogen-bond acceptors (Lipinski definition) is 4. The monoisotopic (exact) mass is 427 g/mol. The van der Waals surface area contributed by atoms with Crippen LogP contribution in [0.25, 0.3) is 10.9 Å². The maximum atomic E-state index is 13.0. The van der Waals surface area contributed by atoms with Gasteiger partial charge in [0.15, 0.2) is 5.16 Å². The number of nitrogens with zero attached hydrogens (tertiary/aromatic N) is 3. The number of halogens is 1. The van der Waals surface area contributed by atoms with Gasteiger partial charge in [0, 0.05) is 23.8 Å². The zero-order valence-electron chi connectivity index (χ0n) is 16.4. The quantitative estimate of drug-likeness (QED) is 0.447. The van der Waals surface area contributed by atoms with Crippen LogP contribution in [0.15, 0.2) is 52.4 Å². The molecule has 0 radical (unpaired) electrons. The van der Waals surface area contributed by atoms with E-state index in [1.54, 1.807) is 22.8 Å². The van der Waals surface area contributed by atoms with Crippen molar-refractivity contribution >= 4 is 45.9 Å². The van der Waals surface area contributed by atoms with Crippen LogP contribution in [0.5, 0.6) is 0 Å². The molecule has 3 aromatic rings. The normalized spacial score (nSPS) is 13.3. The number of carbonyl (C=O) groups is 1. The summed E-state index contributed by atoms with van der Waals surface area (Å²) in [5.41, 5.74) is 2.64. The first-order valence-corrected chi connectivity index (χ1v) is 11.0. The zero-order valence-corrected chi connectivity index (χ0v) is 18.0. The van der Waals surface area contributed by atoms with Gasteiger partial charge in [-0.3, -0.25) is 14.2 Å². The van der Waals surface area contributed by atoms with Gasteiger partial charge in [0.1, 0.15) is 0 Å². The number of fused-ring (bicyclic) bond motifs is 2. The molecular formula is C22H22ClN3O2S. The molecule has 1 aliphatic rings. The molecular weight excluding hydrogens is 406 g/mol. The molecule has 4 rings (SSSR count). The number of para-hydroxylation sites is 1. The lowest BCUT2D eigenvalue weighted by molar-refractivity contribution is -0.116. The fourth-order valence-electron chi connectivity index (χ4n) is 3.61. The molecule has 29 heavy (non-hydrogen) atoms. The van der Waals surface area contributed by atoms with Crippen LogP contribution < -0.4 is 10.5 Å². The Labute approximate surface area is 178 Å². The molecule has 0 N–H and O–H groups in total. The molecule has 1 amide bonds. The van der Waals surface area contributed by atoms with Crippen molar-refractivity contribution in [3.05, 3.63) is 63.4 Å². The fraction of sp³-hybridized carbons (Fsp3) is 0.318. The molecule has 0 aliphatic carbocycles. The predicted molar refractivity (Wildman–Crippen MR) is 119 cm³/mol. The molecule has 0 saturated heterocycles. The number of carbonyl (C=O) groups excluding carboxylic acids is 1. The van der Waals surface area contributed by atoms with Gasteiger partial charge in [-0.1, -0.05) is 55.4 Å². The highest BCUT2D eigenvalue weighted by atomic mass is 35.5. The lowest BCUT2D eigenvalue weighted by Gasteiger charge is -2.18. The Morgan fingerprint density at radius 2 is 2.03 bits per heavy atom. The highest BCUT2D eigenvalue weighted by Gasteiger charge is 2.24. The topological polar surface area (TPSA) is 55.2 Å². The summed E-state index contributed by atoms with van der Waals surface area (Å²) in [5.74, 6) is 0.529. The molecule has 0 unspecified atom stereocenters. The summed E-state index contributed by atoms with van der Waals surface area (Å²) in [6.07, 6.45) is 0.872. The van der Waals surface area contributed by atoms with Gasteiger partial charge >= 0.3 is 0 Å². The van der Waals surface area contributed by atoms with E-state index in [1.807, 2.05) is 23.1 Å². The van der Waals surface area contributed by atoms with Gasteiger partial charge in [-0.25, -0.2) is 4.98 Å². The van der Waals surface area contributed by atoms with Crippen molar-refractivity contribution in [2.75, 3.05) is 17.2 Å². The first-order valence-electron chi connectivity index (χ1n) is 9.65. The van der Waals surface area contributed by atoms with Gasteiger partial charge in [-0.15, -0.1) is 0 Å². The third-order valence-electron chi connectivity index (χ3n) is 4.94. The standard InChI is InChI=1S/C22H22ClN3O2S/c1-14(2)12-26-21(28)17-8-7-16(23)11-18(17)24-22(26)29-13-20(27)25-10-9-15-5-3-4-6-19(15)25/h3-8,11,14H,9-10,12-13H2,1-2H3. The van der Waals surface area contributed by atoms with Crippen LogP contribution in [0.2, 0.25) is 5.02 Å². The van der Waals surface area contributed by atoms with Gasteiger partial charge in [-0.05, 0) is 42.2 Å². The van der Waals surface area contributed by atoms with Crippen molar-refractivity contribution in [2.45, 2.75) is 32.0 Å². The average Bonchev–Trinajstić information content (AvgIpc) is 3.12. The summed E-state index contributed by atoms with van der Waals surface area (Å²) in [6.45, 7) is 5.35. The van der Waals surface area contributed by atoms with Gasteiger partial charge in [-0.2, -0.15) is 0 Å². The maximum Gasteiger partial charge on any atom is 0.262 e. The van der Waals surface area contributed by atoms with Crippen LogP contribution in [-0.4, -0.2) is 27.8 Å². The molecule has 0 atom stereocenters. The van der Waals surface area contributed by atoms with Crippen molar-refractivity contribution in [1.82, 2.24) is 9.55 Å². The Bertz CT molecular complexity index is 1140. The second-order valence-electron chi connectivity index (χ2n) is 7.58. The third-order valence-corrected chi connectivity index (χ3v) is 6.14. The van der Waals surface area contributed by atoms with Gasteiger partial charge in [0.05, 0.1) is 16.7 Å². The van der Waals surface area contributed by atoms with Crippen LogP contribution in [0.3, 0.4) is 0 Å². The van der Waals surface area contributed by atoms with Crippen LogP contribution in [0, 0.1) is 5.92 Å². The van der Waals surface area contributed by atoms with E-state index >= 15 is 0 Å². The summed E-state index contributed by atoms with van der Waals surface area (Å²) in [6, 6.07) is 13.1. The molecule has 1 aromatic heterocycles. The van der Waals surface area contributed by atoms with Crippen LogP contribution >= 0.6 is 23.4 Å². The smallest absolute Gasteiger partial charge is 0.262 e. The number of thioether (sulfide) groups is 1. The minimum atomic E-state index is -0.0955. The van der Waals surface area contributed by atoms with Crippen LogP contribution in [-0.2, 0) is 17.8 Å². The number of aromatic nitrogens is 2. The van der Waals surface area contributed by atoms with Gasteiger partial charge in [0.25, 0.3) is 5.56 Å². The summed E-state index contributed by atoms with van der Waals surface area (Å²) < 4.78 is 1.68. The number of benzene rings is 2. The second kappa shape index (κ2) is 8.20. The van der Waals surface area contributed by atoms with Crippen molar-refractivity contribution in [2.24, 2.45) is 5.92 Å². The first-order chi connectivity index (χ1) is 13.9. The largest absolute Gasteiger partial charge is 0.311 e. The Morgan fingerprint density at radius 1 is 1.24 bits per heavy atom. The molecule has 2 aromatic carbocycles. The molecule has 7 heteroatoms. The molecule has 0 bridgehead atoms. The van der Waals surface area contributed by atoms with Crippen molar-refractivity contribution in [3.8, 4) is 0 Å². The predicted octanol–water partition coefficient (Wildman–Crippen LogP) is 4.39. The zero-order chi connectivity index (χ0) is 20.5. The summed E-state index contributed by atoms with van der Waals surface area (Å²) in [5, 5.41) is 1.63. The molecule has 0 fully saturated rings. The fourth-order valence-corrected chi connectivity index (χ4v) is 4.66. The molecule has 0 spiro atoms. The van der Waals surface area contributed by atoms with Crippen LogP contribution in [0.4, 0.5) is 5.69 Å². The van der Waals surface area contributed by atoms with E-state index in [0.717, 1.165) is 12.1 Å². The molecule has 1 aliphatic heterocycles. The number of anilines is 1. The van der Waals surface area contributed by atoms with E-state index in [0.29, 0.717) is 34.2 Å². The number of amides is 1. The highest BCUT2D eigenvalue weighted by molar-refractivity contribution is 7.99. The van der Waals surface area contributed by atoms with Crippen molar-refractivity contribution in [3.63, 3.8) is 0 Å². The summed E-state index contributed by atoms with van der Waals surface area (Å²) >= 11 is 7.40.